The average Bonchev–Trinajstić information content (AvgIpc) is 3.19. The van der Waals surface area contributed by atoms with Crippen molar-refractivity contribution in [3.8, 4) is 5.75 Å². The first-order chi connectivity index (χ1) is 16.9. The summed E-state index contributed by atoms with van der Waals surface area (Å²) in [5.41, 5.74) is 6.31. The number of carboxylic acids is 1. The number of benzene rings is 1. The minimum absolute atomic E-state index is 0.199. The number of rotatable bonds is 9. The van der Waals surface area contributed by atoms with Crippen LogP contribution in [0, 0.1) is 0 Å². The highest BCUT2D eigenvalue weighted by Gasteiger charge is 2.21. The maximum Gasteiger partial charge on any atom is 0.413 e. The van der Waals surface area contributed by atoms with E-state index in [1.165, 1.54) is 12.7 Å². The number of nitrogens with two attached hydrogens (primary N) is 1. The smallest absolute Gasteiger partial charge is 0.413 e. The molecule has 194 valence electrons. The summed E-state index contributed by atoms with van der Waals surface area (Å²) in [4.78, 5) is 36.0. The molecular weight excluding hydrogens is 511 g/mol. The topological polar surface area (TPSA) is 154 Å². The summed E-state index contributed by atoms with van der Waals surface area (Å²) >= 11 is 12.8. The van der Waals surface area contributed by atoms with Crippen molar-refractivity contribution in [1.29, 1.82) is 0 Å². The van der Waals surface area contributed by atoms with E-state index in [4.69, 9.17) is 43.5 Å². The lowest BCUT2D eigenvalue weighted by molar-refractivity contribution is -0.138. The highest BCUT2D eigenvalue weighted by molar-refractivity contribution is 6.42. The largest absolute Gasteiger partial charge is 0.490 e. The van der Waals surface area contributed by atoms with E-state index in [1.807, 2.05) is 6.92 Å². The van der Waals surface area contributed by atoms with Gasteiger partial charge >= 0.3 is 12.1 Å². The van der Waals surface area contributed by atoms with Crippen molar-refractivity contribution in [3.05, 3.63) is 40.4 Å². The van der Waals surface area contributed by atoms with Gasteiger partial charge in [-0.1, -0.05) is 23.2 Å². The molecule has 3 rings (SSSR count). The second-order valence-corrected chi connectivity index (χ2v) is 9.97. The molecule has 1 unspecified atom stereocenters. The van der Waals surface area contributed by atoms with Gasteiger partial charge in [0.25, 0.3) is 0 Å². The summed E-state index contributed by atoms with van der Waals surface area (Å²) in [6.45, 7) is 7.29. The number of halogens is 2. The van der Waals surface area contributed by atoms with Crippen molar-refractivity contribution in [2.24, 2.45) is 5.73 Å². The molecule has 0 saturated heterocycles. The van der Waals surface area contributed by atoms with E-state index in [0.717, 1.165) is 0 Å². The number of anilines is 1. The number of aliphatic carboxylic acids is 1. The van der Waals surface area contributed by atoms with Crippen LogP contribution >= 0.6 is 23.2 Å². The van der Waals surface area contributed by atoms with Gasteiger partial charge in [0.1, 0.15) is 23.7 Å². The Labute approximate surface area is 217 Å². The highest BCUT2D eigenvalue weighted by atomic mass is 35.5. The fraction of sp³-hybridized carbons (Fsp3) is 0.435. The van der Waals surface area contributed by atoms with Crippen LogP contribution < -0.4 is 15.8 Å². The molecule has 2 aromatic heterocycles. The van der Waals surface area contributed by atoms with Gasteiger partial charge in [-0.25, -0.2) is 19.7 Å². The standard InChI is InChI=1S/C23H28Cl2N6O5/c1-12(5-7-15(26)21(32)33)35-16-8-6-14(24)17(25)13(16)9-31-11-29-18-19(27-10-28-20(18)31)30-22(34)36-23(2,3)4/h6,8,10-12,15H,5,7,9,26H2,1-4H3,(H,32,33)(H,27,28,30,34)/t12?,15-/m1/s1. The van der Waals surface area contributed by atoms with Gasteiger partial charge in [0.15, 0.2) is 17.0 Å². The molecule has 13 heteroatoms. The van der Waals surface area contributed by atoms with Gasteiger partial charge in [0, 0.05) is 5.56 Å². The minimum atomic E-state index is -1.06. The van der Waals surface area contributed by atoms with Gasteiger partial charge in [0.05, 0.1) is 29.0 Å². The van der Waals surface area contributed by atoms with E-state index < -0.39 is 23.7 Å². The van der Waals surface area contributed by atoms with Gasteiger partial charge in [-0.15, -0.1) is 0 Å². The van der Waals surface area contributed by atoms with Crippen LogP contribution in [0.25, 0.3) is 11.2 Å². The first kappa shape index (κ1) is 27.4. The lowest BCUT2D eigenvalue weighted by atomic mass is 10.1. The van der Waals surface area contributed by atoms with Crippen molar-refractivity contribution in [1.82, 2.24) is 19.5 Å². The fourth-order valence-corrected chi connectivity index (χ4v) is 3.70. The van der Waals surface area contributed by atoms with Crippen molar-refractivity contribution in [3.63, 3.8) is 0 Å². The Kier molecular flexibility index (Phi) is 8.59. The monoisotopic (exact) mass is 538 g/mol. The van der Waals surface area contributed by atoms with Crippen molar-refractivity contribution >= 4 is 52.2 Å². The van der Waals surface area contributed by atoms with Crippen LogP contribution in [0.5, 0.6) is 5.75 Å². The van der Waals surface area contributed by atoms with Crippen LogP contribution in [0.15, 0.2) is 24.8 Å². The number of aromatic nitrogens is 4. The SMILES string of the molecule is CC(CC[C@@H](N)C(=O)O)Oc1ccc(Cl)c(Cl)c1Cn1cnc2c(NC(=O)OC(C)(C)C)ncnc21. The fourth-order valence-electron chi connectivity index (χ4n) is 3.30. The van der Waals surface area contributed by atoms with Crippen LogP contribution in [-0.2, 0) is 16.1 Å². The number of nitrogens with zero attached hydrogens (tertiary/aromatic N) is 4. The second-order valence-electron chi connectivity index (χ2n) is 9.18. The molecule has 0 spiro atoms. The molecule has 1 aromatic carbocycles. The summed E-state index contributed by atoms with van der Waals surface area (Å²) in [5.74, 6) is -0.388. The Morgan fingerprint density at radius 3 is 2.58 bits per heavy atom. The number of carbonyl (C=O) groups excluding carboxylic acids is 1. The summed E-state index contributed by atoms with van der Waals surface area (Å²) in [7, 11) is 0. The zero-order valence-electron chi connectivity index (χ0n) is 20.3. The number of amides is 1. The number of carboxylic acid groups (broad SMARTS) is 1. The Morgan fingerprint density at radius 2 is 1.92 bits per heavy atom. The third-order valence-electron chi connectivity index (χ3n) is 5.03. The molecule has 1 amide bonds. The van der Waals surface area contributed by atoms with E-state index in [9.17, 15) is 9.59 Å². The molecule has 3 aromatic rings. The molecule has 0 radical (unpaired) electrons. The number of fused-ring (bicyclic) bond motifs is 1. The molecular formula is C23H28Cl2N6O5. The zero-order chi connectivity index (χ0) is 26.6. The number of hydrogen-bond acceptors (Lipinski definition) is 8. The van der Waals surface area contributed by atoms with Crippen molar-refractivity contribution < 1.29 is 24.2 Å². The molecule has 0 aliphatic rings. The second kappa shape index (κ2) is 11.3. The van der Waals surface area contributed by atoms with E-state index in [-0.39, 0.29) is 24.9 Å². The van der Waals surface area contributed by atoms with E-state index in [1.54, 1.807) is 37.5 Å². The third-order valence-corrected chi connectivity index (χ3v) is 5.88. The Hall–Kier alpha value is -3.15. The maximum atomic E-state index is 12.2. The summed E-state index contributed by atoms with van der Waals surface area (Å²) in [6, 6.07) is 2.35. The lowest BCUT2D eigenvalue weighted by Crippen LogP contribution is -2.31. The maximum absolute atomic E-state index is 12.2. The summed E-state index contributed by atoms with van der Waals surface area (Å²) in [5, 5.41) is 12.2. The number of ether oxygens (including phenoxy) is 2. The van der Waals surface area contributed by atoms with E-state index >= 15 is 0 Å². The number of carbonyl (C=O) groups is 2. The lowest BCUT2D eigenvalue weighted by Gasteiger charge is -2.20. The number of imidazole rings is 1. The van der Waals surface area contributed by atoms with Crippen LogP contribution in [0.1, 0.15) is 46.1 Å². The van der Waals surface area contributed by atoms with Crippen LogP contribution in [0.4, 0.5) is 10.6 Å². The predicted octanol–water partition coefficient (Wildman–Crippen LogP) is 4.49. The molecule has 11 nitrogen and oxygen atoms in total. The molecule has 4 N–H and O–H groups in total. The van der Waals surface area contributed by atoms with Crippen molar-refractivity contribution in [2.45, 2.75) is 64.8 Å². The Morgan fingerprint density at radius 1 is 1.19 bits per heavy atom. The average molecular weight is 539 g/mol. The first-order valence-corrected chi connectivity index (χ1v) is 11.9. The van der Waals surface area contributed by atoms with Crippen LogP contribution in [0.2, 0.25) is 10.0 Å². The molecule has 2 heterocycles. The molecule has 0 bridgehead atoms. The first-order valence-electron chi connectivity index (χ1n) is 11.1. The molecule has 0 aliphatic heterocycles. The third kappa shape index (κ3) is 6.96. The van der Waals surface area contributed by atoms with Gasteiger partial charge in [-0.3, -0.25) is 10.1 Å². The van der Waals surface area contributed by atoms with Gasteiger partial charge in [0.2, 0.25) is 0 Å². The molecule has 0 fully saturated rings. The molecule has 36 heavy (non-hydrogen) atoms. The van der Waals surface area contributed by atoms with Gasteiger partial charge in [-0.05, 0) is 52.7 Å². The van der Waals surface area contributed by atoms with Gasteiger partial charge in [-0.2, -0.15) is 0 Å². The summed E-state index contributed by atoms with van der Waals surface area (Å²) < 4.78 is 13.1. The van der Waals surface area contributed by atoms with Crippen LogP contribution in [0.3, 0.4) is 0 Å². The van der Waals surface area contributed by atoms with Crippen molar-refractivity contribution in [2.75, 3.05) is 5.32 Å². The van der Waals surface area contributed by atoms with Gasteiger partial charge < -0.3 is 24.9 Å². The number of hydrogen-bond donors (Lipinski definition) is 3. The Balaban J connectivity index is 1.85. The highest BCUT2D eigenvalue weighted by Crippen LogP contribution is 2.35. The zero-order valence-corrected chi connectivity index (χ0v) is 21.8. The Bertz CT molecular complexity index is 1260. The normalized spacial score (nSPS) is 13.3. The quantitative estimate of drug-likeness (QED) is 0.357. The predicted molar refractivity (Wildman–Crippen MR) is 136 cm³/mol. The minimum Gasteiger partial charge on any atom is -0.490 e. The summed E-state index contributed by atoms with van der Waals surface area (Å²) in [6.07, 6.45) is 2.52. The molecule has 0 saturated carbocycles. The van der Waals surface area contributed by atoms with E-state index in [0.29, 0.717) is 38.9 Å². The number of nitrogens with one attached hydrogen (secondary N) is 1. The molecule has 2 atom stereocenters. The van der Waals surface area contributed by atoms with Crippen LogP contribution in [-0.4, -0.2) is 54.4 Å². The van der Waals surface area contributed by atoms with E-state index in [2.05, 4.69) is 20.3 Å². The molecule has 0 aliphatic carbocycles.